The third kappa shape index (κ3) is 2.54. The van der Waals surface area contributed by atoms with Gasteiger partial charge in [-0.15, -0.1) is 0 Å². The van der Waals surface area contributed by atoms with E-state index < -0.39 is 0 Å². The lowest BCUT2D eigenvalue weighted by Crippen LogP contribution is -2.39. The first-order valence-corrected chi connectivity index (χ1v) is 6.70. The van der Waals surface area contributed by atoms with Crippen molar-refractivity contribution in [3.63, 3.8) is 0 Å². The lowest BCUT2D eigenvalue weighted by atomic mass is 10.0. The van der Waals surface area contributed by atoms with Gasteiger partial charge in [0.25, 0.3) is 0 Å². The molecule has 1 aromatic carbocycles. The summed E-state index contributed by atoms with van der Waals surface area (Å²) in [5.74, 6) is -0.112. The quantitative estimate of drug-likeness (QED) is 0.894. The van der Waals surface area contributed by atoms with Crippen molar-refractivity contribution in [2.45, 2.75) is 37.9 Å². The zero-order valence-electron chi connectivity index (χ0n) is 11.0. The molecule has 1 fully saturated rings. The Morgan fingerprint density at radius 3 is 2.79 bits per heavy atom. The van der Waals surface area contributed by atoms with Crippen LogP contribution in [0, 0.1) is 5.82 Å². The second-order valence-electron chi connectivity index (χ2n) is 5.34. The van der Waals surface area contributed by atoms with Gasteiger partial charge in [-0.3, -0.25) is 4.68 Å². The molecule has 1 aromatic heterocycles. The number of aromatic nitrogens is 2. The zero-order valence-corrected chi connectivity index (χ0v) is 11.0. The minimum absolute atomic E-state index is 0.112. The van der Waals surface area contributed by atoms with Crippen molar-refractivity contribution in [3.05, 3.63) is 54.1 Å². The molecule has 0 amide bonds. The van der Waals surface area contributed by atoms with Crippen molar-refractivity contribution in [3.8, 4) is 0 Å². The maximum absolute atomic E-state index is 13.9. The first-order chi connectivity index (χ1) is 9.20. The van der Waals surface area contributed by atoms with E-state index in [9.17, 15) is 4.39 Å². The van der Waals surface area contributed by atoms with Gasteiger partial charge in [-0.1, -0.05) is 18.2 Å². The minimum Gasteiger partial charge on any atom is -0.303 e. The van der Waals surface area contributed by atoms with Gasteiger partial charge in [0.1, 0.15) is 5.82 Å². The number of nitrogens with one attached hydrogen (secondary N) is 1. The van der Waals surface area contributed by atoms with E-state index in [0.717, 1.165) is 24.9 Å². The summed E-state index contributed by atoms with van der Waals surface area (Å²) >= 11 is 0. The fourth-order valence-corrected chi connectivity index (χ4v) is 2.67. The number of rotatable bonds is 5. The molecule has 0 aliphatic heterocycles. The third-order valence-corrected chi connectivity index (χ3v) is 3.68. The Hall–Kier alpha value is -1.68. The Labute approximate surface area is 112 Å². The van der Waals surface area contributed by atoms with Crippen LogP contribution in [-0.4, -0.2) is 15.8 Å². The van der Waals surface area contributed by atoms with Crippen LogP contribution in [0.5, 0.6) is 0 Å². The summed E-state index contributed by atoms with van der Waals surface area (Å²) in [6, 6.07) is 9.23. The van der Waals surface area contributed by atoms with Gasteiger partial charge in [0, 0.05) is 29.5 Å². The standard InChI is InChI=1S/C15H18FN3/c1-12(11-19-10-4-9-17-19)18-15(7-8-15)13-5-2-3-6-14(13)16/h2-6,9-10,12,18H,7-8,11H2,1H3. The molecule has 1 heterocycles. The van der Waals surface area contributed by atoms with Gasteiger partial charge in [0.2, 0.25) is 0 Å². The maximum atomic E-state index is 13.9. The predicted molar refractivity (Wildman–Crippen MR) is 72.1 cm³/mol. The number of hydrogen-bond acceptors (Lipinski definition) is 2. The Kier molecular flexibility index (Phi) is 3.11. The lowest BCUT2D eigenvalue weighted by molar-refractivity contribution is 0.378. The Morgan fingerprint density at radius 2 is 2.16 bits per heavy atom. The summed E-state index contributed by atoms with van der Waals surface area (Å²) in [5.41, 5.74) is 0.625. The van der Waals surface area contributed by atoms with Gasteiger partial charge in [0.15, 0.2) is 0 Å². The molecule has 1 N–H and O–H groups in total. The topological polar surface area (TPSA) is 29.9 Å². The van der Waals surface area contributed by atoms with Crippen LogP contribution in [0.15, 0.2) is 42.7 Å². The molecular weight excluding hydrogens is 241 g/mol. The van der Waals surface area contributed by atoms with Crippen molar-refractivity contribution in [1.29, 1.82) is 0 Å². The van der Waals surface area contributed by atoms with Crippen LogP contribution in [0.2, 0.25) is 0 Å². The first kappa shape index (κ1) is 12.4. The molecule has 1 saturated carbocycles. The molecule has 0 radical (unpaired) electrons. The van der Waals surface area contributed by atoms with Crippen molar-refractivity contribution in [2.24, 2.45) is 0 Å². The molecular formula is C15H18FN3. The van der Waals surface area contributed by atoms with E-state index in [-0.39, 0.29) is 17.4 Å². The molecule has 0 saturated heterocycles. The van der Waals surface area contributed by atoms with Gasteiger partial charge in [-0.05, 0) is 31.9 Å². The van der Waals surface area contributed by atoms with Crippen LogP contribution in [0.4, 0.5) is 4.39 Å². The molecule has 0 spiro atoms. The summed E-state index contributed by atoms with van der Waals surface area (Å²) in [5, 5.41) is 7.76. The SMILES string of the molecule is CC(Cn1cccn1)NC1(c2ccccc2F)CC1. The molecule has 3 rings (SSSR count). The third-order valence-electron chi connectivity index (χ3n) is 3.68. The number of hydrogen-bond donors (Lipinski definition) is 1. The average Bonchev–Trinajstić information content (AvgIpc) is 2.97. The van der Waals surface area contributed by atoms with Crippen molar-refractivity contribution in [1.82, 2.24) is 15.1 Å². The molecule has 100 valence electrons. The lowest BCUT2D eigenvalue weighted by Gasteiger charge is -2.23. The van der Waals surface area contributed by atoms with E-state index in [1.807, 2.05) is 29.1 Å². The second-order valence-corrected chi connectivity index (χ2v) is 5.34. The fraction of sp³-hybridized carbons (Fsp3) is 0.400. The molecule has 1 aliphatic carbocycles. The second kappa shape index (κ2) is 4.78. The summed E-state index contributed by atoms with van der Waals surface area (Å²) in [6.45, 7) is 2.91. The normalized spacial score (nSPS) is 18.2. The summed E-state index contributed by atoms with van der Waals surface area (Å²) in [7, 11) is 0. The van der Waals surface area contributed by atoms with Crippen LogP contribution >= 0.6 is 0 Å². The highest BCUT2D eigenvalue weighted by Crippen LogP contribution is 2.46. The van der Waals surface area contributed by atoms with E-state index in [2.05, 4.69) is 17.3 Å². The fourth-order valence-electron chi connectivity index (χ4n) is 2.67. The van der Waals surface area contributed by atoms with Crippen LogP contribution in [-0.2, 0) is 12.1 Å². The highest BCUT2D eigenvalue weighted by molar-refractivity contribution is 5.31. The summed E-state index contributed by atoms with van der Waals surface area (Å²) < 4.78 is 15.8. The van der Waals surface area contributed by atoms with Gasteiger partial charge >= 0.3 is 0 Å². The van der Waals surface area contributed by atoms with Crippen LogP contribution in [0.3, 0.4) is 0 Å². The molecule has 1 aliphatic rings. The molecule has 1 unspecified atom stereocenters. The molecule has 0 bridgehead atoms. The maximum Gasteiger partial charge on any atom is 0.128 e. The van der Waals surface area contributed by atoms with Crippen molar-refractivity contribution < 1.29 is 4.39 Å². The van der Waals surface area contributed by atoms with Gasteiger partial charge < -0.3 is 5.32 Å². The van der Waals surface area contributed by atoms with Gasteiger partial charge in [-0.2, -0.15) is 5.10 Å². The van der Waals surface area contributed by atoms with Crippen molar-refractivity contribution in [2.75, 3.05) is 0 Å². The molecule has 2 aromatic rings. The monoisotopic (exact) mass is 259 g/mol. The van der Waals surface area contributed by atoms with Crippen molar-refractivity contribution >= 4 is 0 Å². The minimum atomic E-state index is -0.169. The number of benzene rings is 1. The highest BCUT2D eigenvalue weighted by atomic mass is 19.1. The highest BCUT2D eigenvalue weighted by Gasteiger charge is 2.46. The zero-order chi connectivity index (χ0) is 13.3. The van der Waals surface area contributed by atoms with E-state index in [1.54, 1.807) is 12.3 Å². The largest absolute Gasteiger partial charge is 0.303 e. The Morgan fingerprint density at radius 1 is 1.37 bits per heavy atom. The number of halogens is 1. The van der Waals surface area contributed by atoms with Gasteiger partial charge in [-0.25, -0.2) is 4.39 Å². The summed E-state index contributed by atoms with van der Waals surface area (Å²) in [4.78, 5) is 0. The Balaban J connectivity index is 1.71. The summed E-state index contributed by atoms with van der Waals surface area (Å²) in [6.07, 6.45) is 5.71. The first-order valence-electron chi connectivity index (χ1n) is 6.70. The Bertz CT molecular complexity index is 546. The van der Waals surface area contributed by atoms with Crippen LogP contribution in [0.1, 0.15) is 25.3 Å². The van der Waals surface area contributed by atoms with Crippen LogP contribution in [0.25, 0.3) is 0 Å². The molecule has 4 heteroatoms. The van der Waals surface area contributed by atoms with E-state index >= 15 is 0 Å². The molecule has 1 atom stereocenters. The smallest absolute Gasteiger partial charge is 0.128 e. The van der Waals surface area contributed by atoms with E-state index in [4.69, 9.17) is 0 Å². The molecule has 19 heavy (non-hydrogen) atoms. The van der Waals surface area contributed by atoms with Gasteiger partial charge in [0.05, 0.1) is 6.54 Å². The average molecular weight is 259 g/mol. The van der Waals surface area contributed by atoms with Crippen LogP contribution < -0.4 is 5.32 Å². The number of nitrogens with zero attached hydrogens (tertiary/aromatic N) is 2. The van der Waals surface area contributed by atoms with E-state index in [1.165, 1.54) is 6.07 Å². The molecule has 3 nitrogen and oxygen atoms in total. The predicted octanol–water partition coefficient (Wildman–Crippen LogP) is 2.69. The van der Waals surface area contributed by atoms with E-state index in [0.29, 0.717) is 0 Å².